The minimum Gasteiger partial charge on any atom is -0.437 e. The number of rotatable bonds is 3. The van der Waals surface area contributed by atoms with Gasteiger partial charge in [0, 0.05) is 17.8 Å². The van der Waals surface area contributed by atoms with Gasteiger partial charge in [0.15, 0.2) is 0 Å². The van der Waals surface area contributed by atoms with Gasteiger partial charge in [-0.1, -0.05) is 29.8 Å². The van der Waals surface area contributed by atoms with Gasteiger partial charge in [-0.25, -0.2) is 4.98 Å². The van der Waals surface area contributed by atoms with Crippen LogP contribution in [0.4, 0.5) is 0 Å². The molecule has 1 heterocycles. The van der Waals surface area contributed by atoms with Gasteiger partial charge >= 0.3 is 0 Å². The van der Waals surface area contributed by atoms with Crippen molar-refractivity contribution in [3.05, 3.63) is 53.2 Å². The van der Waals surface area contributed by atoms with Crippen molar-refractivity contribution in [2.45, 2.75) is 13.0 Å². The summed E-state index contributed by atoms with van der Waals surface area (Å²) in [5.41, 5.74) is 6.71. The molecule has 4 heteroatoms. The third-order valence-corrected chi connectivity index (χ3v) is 2.65. The summed E-state index contributed by atoms with van der Waals surface area (Å²) in [6.07, 6.45) is 1.66. The van der Waals surface area contributed by atoms with Gasteiger partial charge in [0.1, 0.15) is 5.75 Å². The minimum absolute atomic E-state index is 0.138. The number of hydrogen-bond acceptors (Lipinski definition) is 3. The fourth-order valence-corrected chi connectivity index (χ4v) is 1.64. The fourth-order valence-electron chi connectivity index (χ4n) is 1.47. The smallest absolute Gasteiger partial charge is 0.224 e. The van der Waals surface area contributed by atoms with Crippen molar-refractivity contribution < 1.29 is 4.74 Å². The van der Waals surface area contributed by atoms with E-state index in [1.807, 2.05) is 31.2 Å². The molecule has 0 saturated heterocycles. The lowest BCUT2D eigenvalue weighted by atomic mass is 10.1. The van der Waals surface area contributed by atoms with Crippen molar-refractivity contribution in [1.82, 2.24) is 4.98 Å². The summed E-state index contributed by atoms with van der Waals surface area (Å²) >= 11 is 6.02. The number of aromatic nitrogens is 1. The standard InChI is InChI=1S/C13H13ClN2O/c1-9(15)10-5-4-8-16-13(10)17-12-7-3-2-6-11(12)14/h2-9H,15H2,1H3/t9-/m1/s1. The predicted molar refractivity (Wildman–Crippen MR) is 68.4 cm³/mol. The highest BCUT2D eigenvalue weighted by Gasteiger charge is 2.10. The van der Waals surface area contributed by atoms with Crippen LogP contribution in [0.25, 0.3) is 0 Å². The van der Waals surface area contributed by atoms with E-state index in [2.05, 4.69) is 4.98 Å². The number of benzene rings is 1. The van der Waals surface area contributed by atoms with Crippen LogP contribution in [0.5, 0.6) is 11.6 Å². The van der Waals surface area contributed by atoms with Crippen LogP contribution in [0.3, 0.4) is 0 Å². The van der Waals surface area contributed by atoms with E-state index < -0.39 is 0 Å². The summed E-state index contributed by atoms with van der Waals surface area (Å²) in [5.74, 6) is 1.07. The first kappa shape index (κ1) is 11.9. The highest BCUT2D eigenvalue weighted by atomic mass is 35.5. The molecule has 0 unspecified atom stereocenters. The third-order valence-electron chi connectivity index (χ3n) is 2.33. The predicted octanol–water partition coefficient (Wildman–Crippen LogP) is 3.55. The largest absolute Gasteiger partial charge is 0.437 e. The van der Waals surface area contributed by atoms with Crippen molar-refractivity contribution in [3.63, 3.8) is 0 Å². The number of hydrogen-bond donors (Lipinski definition) is 1. The van der Waals surface area contributed by atoms with E-state index >= 15 is 0 Å². The molecule has 0 fully saturated rings. The Labute approximate surface area is 105 Å². The molecule has 17 heavy (non-hydrogen) atoms. The van der Waals surface area contributed by atoms with E-state index in [4.69, 9.17) is 22.1 Å². The first-order valence-corrected chi connectivity index (χ1v) is 5.69. The third kappa shape index (κ3) is 2.75. The molecule has 2 N–H and O–H groups in total. The molecule has 0 spiro atoms. The zero-order valence-electron chi connectivity index (χ0n) is 9.43. The van der Waals surface area contributed by atoms with E-state index in [1.54, 1.807) is 18.3 Å². The second-order valence-electron chi connectivity index (χ2n) is 3.72. The molecule has 88 valence electrons. The topological polar surface area (TPSA) is 48.1 Å². The quantitative estimate of drug-likeness (QED) is 0.904. The Balaban J connectivity index is 2.34. The van der Waals surface area contributed by atoms with Crippen molar-refractivity contribution in [3.8, 4) is 11.6 Å². The summed E-state index contributed by atoms with van der Waals surface area (Å²) in [5, 5.41) is 0.550. The normalized spacial score (nSPS) is 12.2. The molecule has 1 aromatic carbocycles. The molecule has 0 aliphatic heterocycles. The van der Waals surface area contributed by atoms with Crippen LogP contribution in [-0.2, 0) is 0 Å². The highest BCUT2D eigenvalue weighted by Crippen LogP contribution is 2.30. The molecule has 0 bridgehead atoms. The molecule has 1 aromatic heterocycles. The van der Waals surface area contributed by atoms with Gasteiger partial charge in [0.05, 0.1) is 5.02 Å². The lowest BCUT2D eigenvalue weighted by Crippen LogP contribution is -2.07. The Hall–Kier alpha value is -1.58. The van der Waals surface area contributed by atoms with Crippen molar-refractivity contribution in [2.75, 3.05) is 0 Å². The zero-order valence-corrected chi connectivity index (χ0v) is 10.2. The van der Waals surface area contributed by atoms with Gasteiger partial charge in [-0.3, -0.25) is 0 Å². The molecule has 0 amide bonds. The average molecular weight is 249 g/mol. The molecule has 0 aliphatic rings. The van der Waals surface area contributed by atoms with E-state index in [-0.39, 0.29) is 6.04 Å². The first-order valence-electron chi connectivity index (χ1n) is 5.31. The molecular weight excluding hydrogens is 236 g/mol. The van der Waals surface area contributed by atoms with Gasteiger partial charge in [-0.05, 0) is 25.1 Å². The molecule has 2 rings (SSSR count). The number of para-hydroxylation sites is 1. The maximum Gasteiger partial charge on any atom is 0.224 e. The summed E-state index contributed by atoms with van der Waals surface area (Å²) in [6.45, 7) is 1.89. The fraction of sp³-hybridized carbons (Fsp3) is 0.154. The summed E-state index contributed by atoms with van der Waals surface area (Å²) < 4.78 is 5.68. The summed E-state index contributed by atoms with van der Waals surface area (Å²) in [7, 11) is 0. The van der Waals surface area contributed by atoms with Crippen molar-refractivity contribution >= 4 is 11.6 Å². The van der Waals surface area contributed by atoms with Crippen LogP contribution in [0.2, 0.25) is 5.02 Å². The Kier molecular flexibility index (Phi) is 3.61. The SMILES string of the molecule is C[C@@H](N)c1cccnc1Oc1ccccc1Cl. The molecular formula is C13H13ClN2O. The lowest BCUT2D eigenvalue weighted by Gasteiger charge is -2.12. The Morgan fingerprint density at radius 1 is 1.24 bits per heavy atom. The Bertz CT molecular complexity index is 514. The highest BCUT2D eigenvalue weighted by molar-refractivity contribution is 6.32. The summed E-state index contributed by atoms with van der Waals surface area (Å²) in [6, 6.07) is 10.9. The average Bonchev–Trinajstić information content (AvgIpc) is 2.32. The van der Waals surface area contributed by atoms with Crippen LogP contribution in [0.15, 0.2) is 42.6 Å². The zero-order chi connectivity index (χ0) is 12.3. The van der Waals surface area contributed by atoms with Crippen LogP contribution in [-0.4, -0.2) is 4.98 Å². The molecule has 1 atom stereocenters. The summed E-state index contributed by atoms with van der Waals surface area (Å²) in [4.78, 5) is 4.18. The van der Waals surface area contributed by atoms with Crippen LogP contribution in [0.1, 0.15) is 18.5 Å². The van der Waals surface area contributed by atoms with E-state index in [0.29, 0.717) is 16.7 Å². The van der Waals surface area contributed by atoms with Crippen LogP contribution in [0, 0.1) is 0 Å². The number of halogens is 1. The van der Waals surface area contributed by atoms with E-state index in [0.717, 1.165) is 5.56 Å². The second kappa shape index (κ2) is 5.17. The van der Waals surface area contributed by atoms with Gasteiger partial charge < -0.3 is 10.5 Å². The first-order chi connectivity index (χ1) is 8.18. The molecule has 0 saturated carbocycles. The van der Waals surface area contributed by atoms with E-state index in [1.165, 1.54) is 0 Å². The second-order valence-corrected chi connectivity index (χ2v) is 4.13. The van der Waals surface area contributed by atoms with Gasteiger partial charge in [-0.2, -0.15) is 0 Å². The van der Waals surface area contributed by atoms with Crippen LogP contribution < -0.4 is 10.5 Å². The Morgan fingerprint density at radius 3 is 2.71 bits per heavy atom. The maximum atomic E-state index is 6.02. The number of pyridine rings is 1. The number of nitrogens with zero attached hydrogens (tertiary/aromatic N) is 1. The van der Waals surface area contributed by atoms with Crippen molar-refractivity contribution in [1.29, 1.82) is 0 Å². The molecule has 2 aromatic rings. The minimum atomic E-state index is -0.138. The van der Waals surface area contributed by atoms with Gasteiger partial charge in [0.25, 0.3) is 0 Å². The van der Waals surface area contributed by atoms with E-state index in [9.17, 15) is 0 Å². The Morgan fingerprint density at radius 2 is 2.00 bits per heavy atom. The number of ether oxygens (including phenoxy) is 1. The molecule has 0 radical (unpaired) electrons. The molecule has 3 nitrogen and oxygen atoms in total. The van der Waals surface area contributed by atoms with Gasteiger partial charge in [0.2, 0.25) is 5.88 Å². The number of nitrogens with two attached hydrogens (primary N) is 1. The monoisotopic (exact) mass is 248 g/mol. The lowest BCUT2D eigenvalue weighted by molar-refractivity contribution is 0.452. The maximum absolute atomic E-state index is 6.02. The molecule has 0 aliphatic carbocycles. The van der Waals surface area contributed by atoms with Crippen LogP contribution >= 0.6 is 11.6 Å². The van der Waals surface area contributed by atoms with Crippen molar-refractivity contribution in [2.24, 2.45) is 5.73 Å². The van der Waals surface area contributed by atoms with Gasteiger partial charge in [-0.15, -0.1) is 0 Å².